The van der Waals surface area contributed by atoms with Crippen molar-refractivity contribution in [3.05, 3.63) is 24.4 Å². The van der Waals surface area contributed by atoms with Crippen molar-refractivity contribution in [3.63, 3.8) is 0 Å². The Hall–Kier alpha value is -2.22. The van der Waals surface area contributed by atoms with Crippen LogP contribution in [-0.2, 0) is 20.7 Å². The number of carbonyl (C=O) groups excluding carboxylic acids is 1. The average molecular weight is 337 g/mol. The van der Waals surface area contributed by atoms with E-state index in [9.17, 15) is 9.59 Å². The molecule has 8 nitrogen and oxygen atoms in total. The number of aliphatic carboxylic acids is 1. The maximum absolute atomic E-state index is 11.9. The van der Waals surface area contributed by atoms with Crippen LogP contribution in [0.2, 0.25) is 0 Å². The molecule has 1 aliphatic rings. The topological polar surface area (TPSA) is 115 Å². The minimum absolute atomic E-state index is 0.0809. The molecule has 0 radical (unpaired) electrons. The number of carboxylic acids is 1. The number of amides is 1. The minimum Gasteiger partial charge on any atom is -0.480 e. The summed E-state index contributed by atoms with van der Waals surface area (Å²) in [5.41, 5.74) is 0. The molecule has 0 spiro atoms. The van der Waals surface area contributed by atoms with Gasteiger partial charge in [-0.1, -0.05) is 24.1 Å². The van der Waals surface area contributed by atoms with Crippen LogP contribution in [0, 0.1) is 0 Å². The van der Waals surface area contributed by atoms with Crippen molar-refractivity contribution in [1.29, 1.82) is 0 Å². The number of rotatable bonds is 10. The molecule has 1 atom stereocenters. The lowest BCUT2D eigenvalue weighted by Gasteiger charge is -2.13. The molecule has 1 aromatic heterocycles. The third-order valence-corrected chi connectivity index (χ3v) is 3.92. The summed E-state index contributed by atoms with van der Waals surface area (Å²) in [6.07, 6.45) is 6.39. The molecule has 1 unspecified atom stereocenters. The number of carboxylic acid groups (broad SMARTS) is 1. The molecule has 1 heterocycles. The largest absolute Gasteiger partial charge is 0.480 e. The quantitative estimate of drug-likeness (QED) is 0.490. The first-order valence-electron chi connectivity index (χ1n) is 8.13. The van der Waals surface area contributed by atoms with Crippen molar-refractivity contribution in [2.45, 2.75) is 50.5 Å². The SMILES string of the molecule is C=CCOCC(NC(=O)CCc1nc(C2CCCC2)no1)C(=O)O. The fraction of sp³-hybridized carbons (Fsp3) is 0.625. The van der Waals surface area contributed by atoms with Crippen LogP contribution in [0.3, 0.4) is 0 Å². The summed E-state index contributed by atoms with van der Waals surface area (Å²) in [5.74, 6) is -0.0698. The lowest BCUT2D eigenvalue weighted by Crippen LogP contribution is -2.44. The fourth-order valence-electron chi connectivity index (χ4n) is 2.65. The lowest BCUT2D eigenvalue weighted by atomic mass is 10.1. The summed E-state index contributed by atoms with van der Waals surface area (Å²) in [5, 5.41) is 15.5. The van der Waals surface area contributed by atoms with E-state index in [4.69, 9.17) is 14.4 Å². The molecule has 0 aliphatic heterocycles. The second-order valence-corrected chi connectivity index (χ2v) is 5.81. The Labute approximate surface area is 140 Å². The zero-order valence-electron chi connectivity index (χ0n) is 13.6. The van der Waals surface area contributed by atoms with E-state index in [1.165, 1.54) is 18.9 Å². The van der Waals surface area contributed by atoms with Gasteiger partial charge in [-0.25, -0.2) is 4.79 Å². The molecule has 8 heteroatoms. The Bertz CT molecular complexity index is 566. The standard InChI is InChI=1S/C16H23N3O5/c1-2-9-23-10-12(16(21)22)17-13(20)7-8-14-18-15(19-24-14)11-5-3-4-6-11/h2,11-12H,1,3-10H2,(H,17,20)(H,21,22). The highest BCUT2D eigenvalue weighted by atomic mass is 16.5. The van der Waals surface area contributed by atoms with Crippen LogP contribution in [0.15, 0.2) is 17.2 Å². The van der Waals surface area contributed by atoms with Crippen molar-refractivity contribution in [3.8, 4) is 0 Å². The number of carbonyl (C=O) groups is 2. The Kier molecular flexibility index (Phi) is 6.92. The van der Waals surface area contributed by atoms with E-state index < -0.39 is 17.9 Å². The second-order valence-electron chi connectivity index (χ2n) is 5.81. The van der Waals surface area contributed by atoms with Crippen molar-refractivity contribution >= 4 is 11.9 Å². The van der Waals surface area contributed by atoms with Crippen LogP contribution in [0.25, 0.3) is 0 Å². The van der Waals surface area contributed by atoms with Crippen LogP contribution in [-0.4, -0.2) is 46.4 Å². The van der Waals surface area contributed by atoms with Gasteiger partial charge in [-0.2, -0.15) is 4.98 Å². The van der Waals surface area contributed by atoms with E-state index in [0.29, 0.717) is 17.6 Å². The third-order valence-electron chi connectivity index (χ3n) is 3.92. The number of nitrogens with one attached hydrogen (secondary N) is 1. The number of hydrogen-bond donors (Lipinski definition) is 2. The molecular weight excluding hydrogens is 314 g/mol. The molecule has 0 saturated heterocycles. The van der Waals surface area contributed by atoms with Crippen LogP contribution in [0.5, 0.6) is 0 Å². The average Bonchev–Trinajstić information content (AvgIpc) is 3.23. The van der Waals surface area contributed by atoms with Crippen LogP contribution < -0.4 is 5.32 Å². The molecule has 24 heavy (non-hydrogen) atoms. The Balaban J connectivity index is 1.77. The van der Waals surface area contributed by atoms with Gasteiger partial charge in [-0.3, -0.25) is 4.79 Å². The molecular formula is C16H23N3O5. The predicted molar refractivity (Wildman–Crippen MR) is 84.4 cm³/mol. The maximum atomic E-state index is 11.9. The van der Waals surface area contributed by atoms with Crippen LogP contribution >= 0.6 is 0 Å². The van der Waals surface area contributed by atoms with Gasteiger partial charge in [0.2, 0.25) is 11.8 Å². The zero-order chi connectivity index (χ0) is 17.4. The van der Waals surface area contributed by atoms with Gasteiger partial charge in [0.05, 0.1) is 13.2 Å². The molecule has 2 N–H and O–H groups in total. The zero-order valence-corrected chi connectivity index (χ0v) is 13.6. The van der Waals surface area contributed by atoms with Crippen molar-refractivity contribution in [2.24, 2.45) is 0 Å². The second kappa shape index (κ2) is 9.17. The molecule has 1 aromatic rings. The Morgan fingerprint density at radius 1 is 1.46 bits per heavy atom. The smallest absolute Gasteiger partial charge is 0.328 e. The molecule has 0 bridgehead atoms. The van der Waals surface area contributed by atoms with Crippen LogP contribution in [0.4, 0.5) is 0 Å². The van der Waals surface area contributed by atoms with Crippen molar-refractivity contribution in [1.82, 2.24) is 15.5 Å². The summed E-state index contributed by atoms with van der Waals surface area (Å²) < 4.78 is 10.2. The Morgan fingerprint density at radius 2 is 2.21 bits per heavy atom. The highest BCUT2D eigenvalue weighted by Crippen LogP contribution is 2.32. The number of ether oxygens (including phenoxy) is 1. The first-order chi connectivity index (χ1) is 11.6. The molecule has 132 valence electrons. The molecule has 1 fully saturated rings. The molecule has 2 rings (SSSR count). The molecule has 1 saturated carbocycles. The van der Waals surface area contributed by atoms with E-state index in [2.05, 4.69) is 22.0 Å². The third kappa shape index (κ3) is 5.45. The van der Waals surface area contributed by atoms with E-state index in [1.54, 1.807) is 0 Å². The minimum atomic E-state index is -1.14. The fourth-order valence-corrected chi connectivity index (χ4v) is 2.65. The molecule has 1 aliphatic carbocycles. The number of hydrogen-bond acceptors (Lipinski definition) is 6. The Morgan fingerprint density at radius 3 is 2.88 bits per heavy atom. The first kappa shape index (κ1) is 18.1. The highest BCUT2D eigenvalue weighted by Gasteiger charge is 2.23. The van der Waals surface area contributed by atoms with Gasteiger partial charge >= 0.3 is 5.97 Å². The van der Waals surface area contributed by atoms with Crippen molar-refractivity contribution in [2.75, 3.05) is 13.2 Å². The lowest BCUT2D eigenvalue weighted by molar-refractivity contribution is -0.143. The summed E-state index contributed by atoms with van der Waals surface area (Å²) >= 11 is 0. The number of nitrogens with zero attached hydrogens (tertiary/aromatic N) is 2. The summed E-state index contributed by atoms with van der Waals surface area (Å²) in [6, 6.07) is -1.09. The van der Waals surface area contributed by atoms with Gasteiger partial charge in [0, 0.05) is 18.8 Å². The number of aryl methyl sites for hydroxylation is 1. The normalized spacial score (nSPS) is 16.0. The van der Waals surface area contributed by atoms with Gasteiger partial charge in [0.1, 0.15) is 0 Å². The van der Waals surface area contributed by atoms with Gasteiger partial charge in [-0.15, -0.1) is 6.58 Å². The monoisotopic (exact) mass is 337 g/mol. The van der Waals surface area contributed by atoms with E-state index in [-0.39, 0.29) is 26.1 Å². The van der Waals surface area contributed by atoms with E-state index in [0.717, 1.165) is 12.8 Å². The maximum Gasteiger partial charge on any atom is 0.328 e. The highest BCUT2D eigenvalue weighted by molar-refractivity contribution is 5.83. The number of aromatic nitrogens is 2. The van der Waals surface area contributed by atoms with Crippen LogP contribution in [0.1, 0.15) is 49.7 Å². The van der Waals surface area contributed by atoms with Crippen molar-refractivity contribution < 1.29 is 24.0 Å². The predicted octanol–water partition coefficient (Wildman–Crippen LogP) is 1.43. The summed E-state index contributed by atoms with van der Waals surface area (Å²) in [4.78, 5) is 27.3. The van der Waals surface area contributed by atoms with E-state index >= 15 is 0 Å². The summed E-state index contributed by atoms with van der Waals surface area (Å²) in [6.45, 7) is 3.59. The molecule has 0 aromatic carbocycles. The summed E-state index contributed by atoms with van der Waals surface area (Å²) in [7, 11) is 0. The first-order valence-corrected chi connectivity index (χ1v) is 8.13. The van der Waals surface area contributed by atoms with Gasteiger partial charge in [0.15, 0.2) is 11.9 Å². The van der Waals surface area contributed by atoms with E-state index in [1.807, 2.05) is 0 Å². The van der Waals surface area contributed by atoms with Gasteiger partial charge < -0.3 is 19.7 Å². The molecule has 1 amide bonds. The van der Waals surface area contributed by atoms with Gasteiger partial charge in [-0.05, 0) is 12.8 Å². The van der Waals surface area contributed by atoms with Gasteiger partial charge in [0.25, 0.3) is 0 Å².